The summed E-state index contributed by atoms with van der Waals surface area (Å²) in [4.78, 5) is 0.186. The van der Waals surface area contributed by atoms with Crippen LogP contribution in [0.25, 0.3) is 0 Å². The molecule has 0 heterocycles. The maximum absolute atomic E-state index is 13.2. The maximum atomic E-state index is 13.2. The van der Waals surface area contributed by atoms with Crippen LogP contribution in [0, 0.1) is 60.3 Å². The number of hydrogen-bond donors (Lipinski definition) is 0. The molecule has 0 N–H and O–H groups in total. The van der Waals surface area contributed by atoms with E-state index in [9.17, 15) is 8.42 Å². The Morgan fingerprint density at radius 1 is 0.974 bits per heavy atom. The molecule has 2 rings (SSSR count). The summed E-state index contributed by atoms with van der Waals surface area (Å²) in [5, 5.41) is 0. The van der Waals surface area contributed by atoms with E-state index in [2.05, 4.69) is 74.3 Å². The van der Waals surface area contributed by atoms with Gasteiger partial charge in [-0.2, -0.15) is 0 Å². The first-order valence-corrected chi connectivity index (χ1v) is 14.0. The summed E-state index contributed by atoms with van der Waals surface area (Å²) in [5.41, 5.74) is 3.12. The van der Waals surface area contributed by atoms with Crippen LogP contribution in [-0.2, 0) is 10.0 Å². The van der Waals surface area contributed by atoms with Gasteiger partial charge >= 0.3 is 0 Å². The minimum absolute atomic E-state index is 0.112. The molecule has 2 aromatic carbocycles. The third kappa shape index (κ3) is 10.9. The predicted molar refractivity (Wildman–Crippen MR) is 155 cm³/mol. The Labute approximate surface area is 229 Å². The normalized spacial score (nSPS) is 10.6. The van der Waals surface area contributed by atoms with Gasteiger partial charge in [0.1, 0.15) is 5.75 Å². The van der Waals surface area contributed by atoms with E-state index in [-0.39, 0.29) is 17.9 Å². The number of hydrogen-bond acceptors (Lipinski definition) is 3. The third-order valence-electron chi connectivity index (χ3n) is 5.49. The number of ether oxygens (including phenoxy) is 1. The first-order valence-electron chi connectivity index (χ1n) is 12.6. The van der Waals surface area contributed by atoms with Gasteiger partial charge in [0.25, 0.3) is 10.0 Å². The van der Waals surface area contributed by atoms with Gasteiger partial charge in [-0.25, -0.2) is 12.7 Å². The zero-order valence-corrected chi connectivity index (χ0v) is 23.7. The second-order valence-corrected chi connectivity index (χ2v) is 11.0. The Bertz CT molecular complexity index is 1430. The van der Waals surface area contributed by atoms with E-state index >= 15 is 0 Å². The molecular formula is C33H35NO3S. The second-order valence-electron chi connectivity index (χ2n) is 9.13. The molecule has 0 aliphatic carbocycles. The molecule has 196 valence electrons. The van der Waals surface area contributed by atoms with Crippen molar-refractivity contribution in [3.8, 4) is 53.2 Å². The molecule has 1 unspecified atom stereocenters. The fraction of sp³-hybridized carbons (Fsp3) is 0.333. The number of methoxy groups -OCH3 is 1. The minimum atomic E-state index is -3.81. The van der Waals surface area contributed by atoms with E-state index in [0.29, 0.717) is 12.3 Å². The molecule has 0 amide bonds. The molecule has 1 atom stereocenters. The molecule has 0 spiro atoms. The lowest BCUT2D eigenvalue weighted by Gasteiger charge is -2.16. The lowest BCUT2D eigenvalue weighted by Crippen LogP contribution is -2.27. The van der Waals surface area contributed by atoms with Gasteiger partial charge < -0.3 is 4.74 Å². The van der Waals surface area contributed by atoms with Crippen LogP contribution in [-0.4, -0.2) is 26.4 Å². The van der Waals surface area contributed by atoms with Crippen molar-refractivity contribution in [3.63, 3.8) is 0 Å². The molecule has 0 aromatic heterocycles. The monoisotopic (exact) mass is 525 g/mol. The number of benzene rings is 2. The fourth-order valence-electron chi connectivity index (χ4n) is 3.23. The molecule has 0 saturated carbocycles. The average Bonchev–Trinajstić information content (AvgIpc) is 2.89. The standard InChI is InChI=1S/C33H35NO3S/c1-28(2)14-13-16-29(3)15-9-8-12-27-34(38(35,36)33-24-18-30(4)19-25-33)26-11-7-6-10-17-31-20-22-32(37-5)23-21-31/h14,18-25,29H,11,13,15-16,26H2,1-5H3. The zero-order valence-electron chi connectivity index (χ0n) is 22.9. The van der Waals surface area contributed by atoms with Crippen molar-refractivity contribution in [1.82, 2.24) is 4.31 Å². The van der Waals surface area contributed by atoms with Crippen molar-refractivity contribution in [2.75, 3.05) is 13.7 Å². The highest BCUT2D eigenvalue weighted by Gasteiger charge is 2.21. The SMILES string of the molecule is COc1ccc(C#CC#CCCN(C#CC#CCC(C)CCC=C(C)C)S(=O)(=O)c2ccc(C)cc2)cc1. The van der Waals surface area contributed by atoms with Crippen LogP contribution >= 0.6 is 0 Å². The molecule has 5 heteroatoms. The van der Waals surface area contributed by atoms with Crippen molar-refractivity contribution in [2.45, 2.75) is 58.3 Å². The lowest BCUT2D eigenvalue weighted by atomic mass is 10.0. The summed E-state index contributed by atoms with van der Waals surface area (Å²) in [6.07, 6.45) is 5.32. The molecule has 38 heavy (non-hydrogen) atoms. The highest BCUT2D eigenvalue weighted by Crippen LogP contribution is 2.16. The summed E-state index contributed by atoms with van der Waals surface area (Å²) < 4.78 is 32.7. The molecule has 0 radical (unpaired) electrons. The van der Waals surface area contributed by atoms with E-state index in [1.165, 1.54) is 5.57 Å². The molecule has 4 nitrogen and oxygen atoms in total. The van der Waals surface area contributed by atoms with Crippen LogP contribution in [0.2, 0.25) is 0 Å². The van der Waals surface area contributed by atoms with E-state index < -0.39 is 10.0 Å². The van der Waals surface area contributed by atoms with Gasteiger partial charge in [0, 0.05) is 30.4 Å². The highest BCUT2D eigenvalue weighted by atomic mass is 32.2. The average molecular weight is 526 g/mol. The summed E-state index contributed by atoms with van der Waals surface area (Å²) in [6.45, 7) is 8.37. The van der Waals surface area contributed by atoms with Crippen LogP contribution in [0.1, 0.15) is 57.6 Å². The quantitative estimate of drug-likeness (QED) is 0.223. The topological polar surface area (TPSA) is 46.6 Å². The maximum Gasteiger partial charge on any atom is 0.271 e. The van der Waals surface area contributed by atoms with Gasteiger partial charge in [-0.1, -0.05) is 54.0 Å². The molecule has 0 aliphatic heterocycles. The second kappa shape index (κ2) is 15.9. The van der Waals surface area contributed by atoms with Crippen molar-refractivity contribution >= 4 is 10.0 Å². The molecule has 0 fully saturated rings. The molecule has 0 bridgehead atoms. The Balaban J connectivity index is 2.09. The van der Waals surface area contributed by atoms with Crippen LogP contribution in [0.4, 0.5) is 0 Å². The Hall–Kier alpha value is -4.03. The minimum Gasteiger partial charge on any atom is -0.497 e. The van der Waals surface area contributed by atoms with Gasteiger partial charge in [0.05, 0.1) is 18.6 Å². The van der Waals surface area contributed by atoms with Gasteiger partial charge in [0.15, 0.2) is 0 Å². The fourth-order valence-corrected chi connectivity index (χ4v) is 4.47. The van der Waals surface area contributed by atoms with Gasteiger partial charge in [-0.15, -0.1) is 0 Å². The number of nitrogens with zero attached hydrogens (tertiary/aromatic N) is 1. The van der Waals surface area contributed by atoms with E-state index in [1.807, 2.05) is 31.2 Å². The van der Waals surface area contributed by atoms with Gasteiger partial charge in [-0.05, 0) is 93.7 Å². The molecule has 0 saturated heterocycles. The summed E-state index contributed by atoms with van der Waals surface area (Å²) in [5.74, 6) is 21.3. The van der Waals surface area contributed by atoms with Crippen molar-refractivity contribution in [2.24, 2.45) is 5.92 Å². The van der Waals surface area contributed by atoms with Gasteiger partial charge in [-0.3, -0.25) is 0 Å². The van der Waals surface area contributed by atoms with E-state index in [0.717, 1.165) is 34.0 Å². The summed E-state index contributed by atoms with van der Waals surface area (Å²) >= 11 is 0. The van der Waals surface area contributed by atoms with Crippen LogP contribution < -0.4 is 4.74 Å². The van der Waals surface area contributed by atoms with E-state index in [4.69, 9.17) is 4.74 Å². The number of aryl methyl sites for hydroxylation is 1. The Kier molecular flexibility index (Phi) is 12.7. The predicted octanol–water partition coefficient (Wildman–Crippen LogP) is 6.18. The third-order valence-corrected chi connectivity index (χ3v) is 7.21. The summed E-state index contributed by atoms with van der Waals surface area (Å²) in [7, 11) is -2.20. The first kappa shape index (κ1) is 30.2. The Morgan fingerprint density at radius 2 is 1.66 bits per heavy atom. The van der Waals surface area contributed by atoms with Crippen molar-refractivity contribution < 1.29 is 13.2 Å². The summed E-state index contributed by atoms with van der Waals surface area (Å²) in [6, 6.07) is 16.8. The smallest absolute Gasteiger partial charge is 0.271 e. The van der Waals surface area contributed by atoms with Crippen molar-refractivity contribution in [3.05, 3.63) is 71.3 Å². The molecule has 2 aromatic rings. The molecule has 0 aliphatic rings. The number of allylic oxidation sites excluding steroid dienone is 2. The molecular weight excluding hydrogens is 490 g/mol. The lowest BCUT2D eigenvalue weighted by molar-refractivity contribution is 0.415. The highest BCUT2D eigenvalue weighted by molar-refractivity contribution is 7.89. The number of sulfonamides is 1. The van der Waals surface area contributed by atoms with Crippen LogP contribution in [0.15, 0.2) is 65.1 Å². The van der Waals surface area contributed by atoms with Crippen molar-refractivity contribution in [1.29, 1.82) is 0 Å². The largest absolute Gasteiger partial charge is 0.497 e. The Morgan fingerprint density at radius 3 is 2.32 bits per heavy atom. The van der Waals surface area contributed by atoms with Crippen LogP contribution in [0.3, 0.4) is 0 Å². The first-order chi connectivity index (χ1) is 18.2. The van der Waals surface area contributed by atoms with Crippen LogP contribution in [0.5, 0.6) is 5.75 Å². The number of rotatable bonds is 9. The van der Waals surface area contributed by atoms with E-state index in [1.54, 1.807) is 31.4 Å². The van der Waals surface area contributed by atoms with Gasteiger partial charge in [0.2, 0.25) is 0 Å². The zero-order chi connectivity index (χ0) is 27.8.